The molecule has 1 unspecified atom stereocenters. The van der Waals surface area contributed by atoms with E-state index in [9.17, 15) is 45.6 Å². The number of halogens is 5. The van der Waals surface area contributed by atoms with Gasteiger partial charge in [-0.15, -0.1) is 0 Å². The maximum Gasteiger partial charge on any atom is 1.00 e. The summed E-state index contributed by atoms with van der Waals surface area (Å²) in [7, 11) is -6.76. The average Bonchev–Trinajstić information content (AvgIpc) is 3.11. The largest absolute Gasteiger partial charge is 1.00 e. The van der Waals surface area contributed by atoms with Crippen molar-refractivity contribution in [3.05, 3.63) is 29.3 Å². The van der Waals surface area contributed by atoms with Gasteiger partial charge in [0.15, 0.2) is 0 Å². The fraction of sp³-hybridized carbons (Fsp3) is 0.769. The maximum absolute atomic E-state index is 13.1. The van der Waals surface area contributed by atoms with Crippen molar-refractivity contribution in [1.29, 1.82) is 0 Å². The van der Waals surface area contributed by atoms with Gasteiger partial charge in [0, 0.05) is 28.7 Å². The first-order valence-corrected chi connectivity index (χ1v) is 16.3. The second-order valence-electron chi connectivity index (χ2n) is 11.6. The fourth-order valence-corrected chi connectivity index (χ4v) is 8.94. The molecule has 222 valence electrons. The predicted molar refractivity (Wildman–Crippen MR) is 132 cm³/mol. The number of hydrogen-bond acceptors (Lipinski definition) is 6. The predicted octanol–water partition coefficient (Wildman–Crippen LogP) is -1.15. The molecule has 0 radical (unpaired) electrons. The summed E-state index contributed by atoms with van der Waals surface area (Å²) in [6.07, 6.45) is -2.93. The number of benzene rings is 1. The van der Waals surface area contributed by atoms with Crippen LogP contribution in [-0.2, 0) is 21.8 Å². The molecule has 1 aromatic rings. The van der Waals surface area contributed by atoms with Gasteiger partial charge in [-0.2, -0.15) is 22.0 Å². The summed E-state index contributed by atoms with van der Waals surface area (Å²) in [5.41, 5.74) is 1.74. The molecule has 41 heavy (non-hydrogen) atoms. The topological polar surface area (TPSA) is 110 Å². The summed E-state index contributed by atoms with van der Waals surface area (Å²) in [6, 6.07) is 4.88. The summed E-state index contributed by atoms with van der Waals surface area (Å²) in [5.74, 6) is -4.14. The van der Waals surface area contributed by atoms with Crippen LogP contribution >= 0.6 is 7.82 Å². The van der Waals surface area contributed by atoms with Crippen molar-refractivity contribution >= 4 is 18.6 Å². The van der Waals surface area contributed by atoms with Crippen LogP contribution in [0.1, 0.15) is 75.3 Å². The fourth-order valence-electron chi connectivity index (χ4n) is 7.41. The number of aliphatic hydroxyl groups is 1. The minimum absolute atomic E-state index is 0. The number of hydrogen-bond donors (Lipinski definition) is 1. The van der Waals surface area contributed by atoms with Crippen LogP contribution in [0.25, 0.3) is 0 Å². The molecular formula is C26H34F5Na2O6PS. The molecule has 0 aliphatic heterocycles. The van der Waals surface area contributed by atoms with Crippen molar-refractivity contribution < 1.29 is 109 Å². The van der Waals surface area contributed by atoms with Gasteiger partial charge in [0.25, 0.3) is 0 Å². The van der Waals surface area contributed by atoms with Crippen LogP contribution in [0.15, 0.2) is 18.2 Å². The van der Waals surface area contributed by atoms with Gasteiger partial charge in [-0.05, 0) is 104 Å². The first-order valence-electron chi connectivity index (χ1n) is 13.3. The molecule has 3 aliphatic rings. The van der Waals surface area contributed by atoms with Gasteiger partial charge in [0.05, 0.1) is 6.10 Å². The zero-order valence-electron chi connectivity index (χ0n) is 23.6. The third-order valence-corrected chi connectivity index (χ3v) is 11.2. The molecule has 2 fully saturated rings. The van der Waals surface area contributed by atoms with E-state index in [2.05, 4.69) is 11.4 Å². The van der Waals surface area contributed by atoms with Gasteiger partial charge in [-0.25, -0.2) is 0 Å². The van der Waals surface area contributed by atoms with E-state index in [0.717, 1.165) is 30.4 Å². The van der Waals surface area contributed by atoms with Gasteiger partial charge in [0.2, 0.25) is 0 Å². The van der Waals surface area contributed by atoms with Crippen molar-refractivity contribution in [1.82, 2.24) is 0 Å². The molecule has 2 saturated carbocycles. The van der Waals surface area contributed by atoms with E-state index >= 15 is 0 Å². The van der Waals surface area contributed by atoms with Crippen molar-refractivity contribution in [3.8, 4) is 5.75 Å². The molecule has 0 saturated heterocycles. The number of phosphoric acid groups is 1. The minimum Gasteiger partial charge on any atom is -0.780 e. The van der Waals surface area contributed by atoms with E-state index in [1.807, 2.05) is 6.07 Å². The van der Waals surface area contributed by atoms with E-state index in [1.165, 1.54) is 6.07 Å². The van der Waals surface area contributed by atoms with Gasteiger partial charge < -0.3 is 24.0 Å². The summed E-state index contributed by atoms with van der Waals surface area (Å²) in [6.45, 7) is 2.13. The molecule has 15 heteroatoms. The van der Waals surface area contributed by atoms with Gasteiger partial charge in [0.1, 0.15) is 13.6 Å². The summed E-state index contributed by atoms with van der Waals surface area (Å²) >= 11 is 0. The van der Waals surface area contributed by atoms with Crippen LogP contribution in [-0.4, -0.2) is 39.0 Å². The van der Waals surface area contributed by atoms with Gasteiger partial charge >= 0.3 is 71.2 Å². The molecule has 0 amide bonds. The monoisotopic (exact) mass is 646 g/mol. The quantitative estimate of drug-likeness (QED) is 0.196. The molecule has 6 nitrogen and oxygen atoms in total. The Morgan fingerprint density at radius 3 is 2.39 bits per heavy atom. The summed E-state index contributed by atoms with van der Waals surface area (Å²) in [5, 5.41) is 10.8. The van der Waals surface area contributed by atoms with Crippen LogP contribution in [0.4, 0.5) is 22.0 Å². The van der Waals surface area contributed by atoms with E-state index in [1.54, 1.807) is 6.07 Å². The zero-order valence-corrected chi connectivity index (χ0v) is 29.3. The number of alkyl halides is 5. The average molecular weight is 647 g/mol. The van der Waals surface area contributed by atoms with E-state index in [0.29, 0.717) is 25.7 Å². The van der Waals surface area contributed by atoms with Crippen molar-refractivity contribution in [2.24, 2.45) is 23.2 Å². The molecule has 1 aromatic carbocycles. The molecule has 0 spiro atoms. The number of fused-ring (bicyclic) bond motifs is 5. The maximum atomic E-state index is 13.1. The third kappa shape index (κ3) is 8.81. The molecule has 0 aromatic heterocycles. The second kappa shape index (κ2) is 14.6. The standard InChI is InChI=1S/C26H36F5O6PS.2Na/c1-24-11-9-20-19-6-5-18(37-38(33,34)35)15-17(19)14-16(23(20)21(24)7-8-22(24)32)4-2-12-39(36)13-3-10-25(27,28)26(29,30)31;;/h5-6,15-16,20-23,32H,2-4,7-14H2,1H3,(H2,33,34,35);;/q;2*+1/p-2/t16-,20-,21+,22+,23-,24+,39?;;/m1../s1. The number of aliphatic hydroxyl groups excluding tert-OH is 1. The molecule has 7 atom stereocenters. The SMILES string of the molecule is C[C@]12CC[C@@H]3c4ccc(OP(=O)([O-])[O-])cc4C[C@@H](CCCS(=O)CCCC(F)(F)C(F)(F)F)[C@H]3[C@@H]1CC[C@@H]2O.[Na+].[Na+]. The molecule has 1 N–H and O–H groups in total. The van der Waals surface area contributed by atoms with Crippen LogP contribution in [0, 0.1) is 23.2 Å². The molecular weight excluding hydrogens is 612 g/mol. The van der Waals surface area contributed by atoms with Crippen LogP contribution in [0.2, 0.25) is 0 Å². The van der Waals surface area contributed by atoms with E-state index < -0.39 is 49.7 Å². The normalized spacial score (nSPS) is 30.2. The Hall–Kier alpha value is 0.930. The van der Waals surface area contributed by atoms with Crippen LogP contribution in [0.3, 0.4) is 0 Å². The zero-order chi connectivity index (χ0) is 28.8. The minimum atomic E-state index is -5.62. The van der Waals surface area contributed by atoms with Gasteiger partial charge in [-0.1, -0.05) is 13.0 Å². The summed E-state index contributed by atoms with van der Waals surface area (Å²) < 4.78 is 91.5. The Labute approximate surface area is 284 Å². The first kappa shape index (κ1) is 38.1. The summed E-state index contributed by atoms with van der Waals surface area (Å²) in [4.78, 5) is 22.3. The smallest absolute Gasteiger partial charge is 0.780 e. The first-order chi connectivity index (χ1) is 18.0. The van der Waals surface area contributed by atoms with Crippen molar-refractivity contribution in [3.63, 3.8) is 0 Å². The molecule has 0 heterocycles. The molecule has 4 rings (SSSR count). The Balaban J connectivity index is 0.00000294. The van der Waals surface area contributed by atoms with E-state index in [4.69, 9.17) is 0 Å². The van der Waals surface area contributed by atoms with Crippen molar-refractivity contribution in [2.75, 3.05) is 11.5 Å². The van der Waals surface area contributed by atoms with Gasteiger partial charge in [-0.3, -0.25) is 4.21 Å². The second-order valence-corrected chi connectivity index (χ2v) is 14.4. The Bertz CT molecular complexity index is 1120. The molecule has 3 aliphatic carbocycles. The molecule has 0 bridgehead atoms. The van der Waals surface area contributed by atoms with Crippen molar-refractivity contribution in [2.45, 2.75) is 88.8 Å². The number of rotatable bonds is 10. The van der Waals surface area contributed by atoms with Crippen LogP contribution in [0.5, 0.6) is 5.75 Å². The Kier molecular flexibility index (Phi) is 13.5. The third-order valence-electron chi connectivity index (χ3n) is 9.26. The Morgan fingerprint density at radius 2 is 1.76 bits per heavy atom. The van der Waals surface area contributed by atoms with E-state index in [-0.39, 0.29) is 105 Å². The number of phosphoric ester groups is 1. The Morgan fingerprint density at radius 1 is 1.10 bits per heavy atom. The van der Waals surface area contributed by atoms with Crippen LogP contribution < -0.4 is 73.4 Å².